The predicted octanol–water partition coefficient (Wildman–Crippen LogP) is 2.83. The van der Waals surface area contributed by atoms with Crippen LogP contribution in [-0.4, -0.2) is 23.8 Å². The molecule has 0 saturated heterocycles. The fourth-order valence-corrected chi connectivity index (χ4v) is 2.87. The lowest BCUT2D eigenvalue weighted by atomic mass is 9.85. The molecule has 1 saturated carbocycles. The van der Waals surface area contributed by atoms with Crippen molar-refractivity contribution < 1.29 is 14.3 Å². The molecule has 116 valence electrons. The Morgan fingerprint density at radius 2 is 2.14 bits per heavy atom. The van der Waals surface area contributed by atoms with Crippen LogP contribution in [0.15, 0.2) is 18.2 Å². The van der Waals surface area contributed by atoms with Gasteiger partial charge < -0.3 is 15.7 Å². The van der Waals surface area contributed by atoms with Crippen LogP contribution in [0.1, 0.15) is 31.2 Å². The molecule has 21 heavy (non-hydrogen) atoms. The predicted molar refractivity (Wildman–Crippen MR) is 79.6 cm³/mol. The number of hydrogen-bond acceptors (Lipinski definition) is 2. The van der Waals surface area contributed by atoms with Crippen molar-refractivity contribution in [2.24, 2.45) is 5.92 Å². The van der Waals surface area contributed by atoms with E-state index in [1.807, 2.05) is 0 Å². The van der Waals surface area contributed by atoms with E-state index in [0.29, 0.717) is 0 Å². The lowest BCUT2D eigenvalue weighted by Crippen LogP contribution is -2.47. The maximum atomic E-state index is 13.0. The van der Waals surface area contributed by atoms with Gasteiger partial charge in [0.05, 0.1) is 5.02 Å². The van der Waals surface area contributed by atoms with Crippen LogP contribution in [0.5, 0.6) is 0 Å². The second-order valence-electron chi connectivity index (χ2n) is 5.41. The largest absolute Gasteiger partial charge is 0.396 e. The van der Waals surface area contributed by atoms with Gasteiger partial charge in [-0.3, -0.25) is 0 Å². The van der Waals surface area contributed by atoms with Crippen LogP contribution >= 0.6 is 11.6 Å². The van der Waals surface area contributed by atoms with Gasteiger partial charge in [0.1, 0.15) is 5.82 Å². The number of aliphatic hydroxyl groups excluding tert-OH is 1. The summed E-state index contributed by atoms with van der Waals surface area (Å²) in [5.74, 6) is -0.345. The van der Waals surface area contributed by atoms with Gasteiger partial charge in [-0.05, 0) is 30.5 Å². The number of hydrogen-bond donors (Lipinski definition) is 3. The number of carbonyl (C=O) groups excluding carboxylic acids is 1. The van der Waals surface area contributed by atoms with Crippen molar-refractivity contribution in [1.82, 2.24) is 10.6 Å². The lowest BCUT2D eigenvalue weighted by molar-refractivity contribution is 0.153. The Morgan fingerprint density at radius 3 is 2.86 bits per heavy atom. The third-order valence-electron chi connectivity index (χ3n) is 3.90. The first-order valence-corrected chi connectivity index (χ1v) is 7.57. The number of amides is 2. The minimum atomic E-state index is -0.474. The van der Waals surface area contributed by atoms with E-state index in [0.717, 1.165) is 31.2 Å². The molecule has 0 bridgehead atoms. The molecule has 1 aliphatic rings. The first-order chi connectivity index (χ1) is 10.1. The summed E-state index contributed by atoms with van der Waals surface area (Å²) >= 11 is 5.69. The molecule has 2 atom stereocenters. The summed E-state index contributed by atoms with van der Waals surface area (Å²) in [6.45, 7) is 0.376. The number of urea groups is 1. The summed E-state index contributed by atoms with van der Waals surface area (Å²) in [7, 11) is 0. The molecule has 0 spiro atoms. The van der Waals surface area contributed by atoms with E-state index in [-0.39, 0.29) is 36.2 Å². The van der Waals surface area contributed by atoms with Crippen LogP contribution in [-0.2, 0) is 6.54 Å². The van der Waals surface area contributed by atoms with E-state index < -0.39 is 5.82 Å². The van der Waals surface area contributed by atoms with Crippen molar-refractivity contribution in [1.29, 1.82) is 0 Å². The van der Waals surface area contributed by atoms with Gasteiger partial charge in [-0.1, -0.05) is 30.5 Å². The van der Waals surface area contributed by atoms with Crippen molar-refractivity contribution in [2.75, 3.05) is 6.61 Å². The maximum Gasteiger partial charge on any atom is 0.315 e. The number of halogens is 2. The Hall–Kier alpha value is -1.33. The van der Waals surface area contributed by atoms with E-state index in [9.17, 15) is 14.3 Å². The third kappa shape index (κ3) is 4.58. The van der Waals surface area contributed by atoms with Gasteiger partial charge in [0.2, 0.25) is 0 Å². The van der Waals surface area contributed by atoms with E-state index in [2.05, 4.69) is 10.6 Å². The number of aliphatic hydroxyl groups is 1. The number of carbonyl (C=O) groups is 1. The first kappa shape index (κ1) is 16.0. The van der Waals surface area contributed by atoms with Gasteiger partial charge >= 0.3 is 6.03 Å². The smallest absolute Gasteiger partial charge is 0.315 e. The highest BCUT2D eigenvalue weighted by molar-refractivity contribution is 6.30. The number of benzene rings is 1. The van der Waals surface area contributed by atoms with Gasteiger partial charge in [-0.25, -0.2) is 9.18 Å². The quantitative estimate of drug-likeness (QED) is 0.800. The van der Waals surface area contributed by atoms with E-state index >= 15 is 0 Å². The molecular formula is C15H20ClFN2O2. The van der Waals surface area contributed by atoms with Crippen LogP contribution in [0.25, 0.3) is 0 Å². The molecule has 0 aromatic heterocycles. The van der Waals surface area contributed by atoms with E-state index in [1.165, 1.54) is 12.1 Å². The highest BCUT2D eigenvalue weighted by Gasteiger charge is 2.25. The molecule has 1 aromatic carbocycles. The minimum Gasteiger partial charge on any atom is -0.396 e. The Morgan fingerprint density at radius 1 is 1.38 bits per heavy atom. The topological polar surface area (TPSA) is 61.4 Å². The number of nitrogens with one attached hydrogen (secondary N) is 2. The van der Waals surface area contributed by atoms with Crippen LogP contribution in [0, 0.1) is 11.7 Å². The Kier molecular flexibility index (Phi) is 5.82. The summed E-state index contributed by atoms with van der Waals surface area (Å²) in [6.07, 6.45) is 3.99. The van der Waals surface area contributed by atoms with Gasteiger partial charge in [-0.2, -0.15) is 0 Å². The zero-order chi connectivity index (χ0) is 15.2. The second-order valence-corrected chi connectivity index (χ2v) is 5.82. The second kappa shape index (κ2) is 7.61. The molecule has 2 unspecified atom stereocenters. The Labute approximate surface area is 128 Å². The van der Waals surface area contributed by atoms with Gasteiger partial charge in [0.25, 0.3) is 0 Å². The molecule has 1 fully saturated rings. The summed E-state index contributed by atoms with van der Waals surface area (Å²) in [6, 6.07) is 4.09. The molecule has 3 N–H and O–H groups in total. The van der Waals surface area contributed by atoms with Crippen molar-refractivity contribution in [2.45, 2.75) is 38.3 Å². The zero-order valence-electron chi connectivity index (χ0n) is 11.7. The lowest BCUT2D eigenvalue weighted by Gasteiger charge is -2.30. The molecule has 0 radical (unpaired) electrons. The average Bonchev–Trinajstić information content (AvgIpc) is 2.49. The van der Waals surface area contributed by atoms with Crippen LogP contribution < -0.4 is 10.6 Å². The summed E-state index contributed by atoms with van der Waals surface area (Å²) in [4.78, 5) is 11.9. The fourth-order valence-electron chi connectivity index (χ4n) is 2.67. The van der Waals surface area contributed by atoms with Crippen LogP contribution in [0.2, 0.25) is 5.02 Å². The molecule has 4 nitrogen and oxygen atoms in total. The normalized spacial score (nSPS) is 21.9. The molecule has 0 heterocycles. The molecule has 1 aliphatic carbocycles. The average molecular weight is 315 g/mol. The van der Waals surface area contributed by atoms with Gasteiger partial charge in [0.15, 0.2) is 0 Å². The van der Waals surface area contributed by atoms with Gasteiger partial charge in [-0.15, -0.1) is 0 Å². The van der Waals surface area contributed by atoms with Crippen molar-refractivity contribution >= 4 is 17.6 Å². The summed E-state index contributed by atoms with van der Waals surface area (Å²) in [5, 5.41) is 15.0. The monoisotopic (exact) mass is 314 g/mol. The fraction of sp³-hybridized carbons (Fsp3) is 0.533. The van der Waals surface area contributed by atoms with Crippen molar-refractivity contribution in [3.8, 4) is 0 Å². The van der Waals surface area contributed by atoms with Crippen molar-refractivity contribution in [3.63, 3.8) is 0 Å². The Balaban J connectivity index is 1.82. The van der Waals surface area contributed by atoms with E-state index in [4.69, 9.17) is 11.6 Å². The molecule has 1 aromatic rings. The third-order valence-corrected chi connectivity index (χ3v) is 4.19. The van der Waals surface area contributed by atoms with Gasteiger partial charge in [0, 0.05) is 25.1 Å². The molecular weight excluding hydrogens is 295 g/mol. The van der Waals surface area contributed by atoms with E-state index in [1.54, 1.807) is 6.07 Å². The SMILES string of the molecule is O=C(NCc1ccc(F)c(Cl)c1)NC1CCCCC1CO. The minimum absolute atomic E-state index is 0.0144. The highest BCUT2D eigenvalue weighted by Crippen LogP contribution is 2.23. The molecule has 2 amide bonds. The maximum absolute atomic E-state index is 13.0. The first-order valence-electron chi connectivity index (χ1n) is 7.19. The van der Waals surface area contributed by atoms with Crippen molar-refractivity contribution in [3.05, 3.63) is 34.6 Å². The Bertz CT molecular complexity index is 499. The zero-order valence-corrected chi connectivity index (χ0v) is 12.5. The molecule has 6 heteroatoms. The van der Waals surface area contributed by atoms with Crippen LogP contribution in [0.3, 0.4) is 0 Å². The number of rotatable bonds is 4. The standard InChI is InChI=1S/C15H20ClFN2O2/c16-12-7-10(5-6-13(12)17)8-18-15(21)19-14-4-2-1-3-11(14)9-20/h5-7,11,14,20H,1-4,8-9H2,(H2,18,19,21). The summed E-state index contributed by atoms with van der Waals surface area (Å²) < 4.78 is 13.0. The highest BCUT2D eigenvalue weighted by atomic mass is 35.5. The molecule has 2 rings (SSSR count). The van der Waals surface area contributed by atoms with Crippen LogP contribution in [0.4, 0.5) is 9.18 Å². The summed E-state index contributed by atoms with van der Waals surface area (Å²) in [5.41, 5.74) is 0.735. The molecule has 0 aliphatic heterocycles.